The molecule has 14 atom stereocenters. The number of likely N-dealkylation sites (N-methyl/N-ethyl adjacent to an activating group) is 1. The summed E-state index contributed by atoms with van der Waals surface area (Å²) in [6.45, 7) is 20.8. The summed E-state index contributed by atoms with van der Waals surface area (Å²) < 4.78 is 32.7. The molecule has 0 saturated carbocycles. The van der Waals surface area contributed by atoms with Crippen LogP contribution >= 0.6 is 0 Å². The van der Waals surface area contributed by atoms with Crippen LogP contribution in [0.4, 0.5) is 0 Å². The quantitative estimate of drug-likeness (QED) is 0.266. The molecular weight excluding hydrogens is 676 g/mol. The highest BCUT2D eigenvalue weighted by molar-refractivity contribution is 5.73. The zero-order valence-electron chi connectivity index (χ0n) is 33.8. The van der Waals surface area contributed by atoms with Crippen molar-refractivity contribution in [2.24, 2.45) is 17.8 Å². The van der Waals surface area contributed by atoms with E-state index in [0.29, 0.717) is 37.9 Å². The number of aliphatic hydroxyl groups is 3. The van der Waals surface area contributed by atoms with E-state index in [9.17, 15) is 20.1 Å². The summed E-state index contributed by atoms with van der Waals surface area (Å²) in [7, 11) is 3.85. The Labute approximate surface area is 318 Å². The SMILES string of the molecule is C=C1CO[C@H]2[C@@H](C)CN(C/C=C/c3ccccc3)[C@H](C)C[C@@](C)(OC1)[C@H](O[C@@H]1O[C@H](C)C[C@H](N(C)C)[C@H]1O)[C@@H](C)[C@H](O)[C@@H](C)C(=O)O[C@H](CC)[C@@]2(C)O. The van der Waals surface area contributed by atoms with Crippen LogP contribution in [0.2, 0.25) is 0 Å². The predicted octanol–water partition coefficient (Wildman–Crippen LogP) is 4.68. The lowest BCUT2D eigenvalue weighted by Gasteiger charge is -2.49. The molecule has 2 bridgehead atoms. The van der Waals surface area contributed by atoms with Crippen molar-refractivity contribution in [1.29, 1.82) is 0 Å². The van der Waals surface area contributed by atoms with Gasteiger partial charge in [-0.25, -0.2) is 0 Å². The van der Waals surface area contributed by atoms with Crippen LogP contribution in [0.25, 0.3) is 6.08 Å². The van der Waals surface area contributed by atoms with Gasteiger partial charge >= 0.3 is 5.97 Å². The van der Waals surface area contributed by atoms with Crippen molar-refractivity contribution >= 4 is 12.0 Å². The van der Waals surface area contributed by atoms with Gasteiger partial charge in [0.25, 0.3) is 0 Å². The van der Waals surface area contributed by atoms with Crippen molar-refractivity contribution in [1.82, 2.24) is 9.80 Å². The summed E-state index contributed by atoms with van der Waals surface area (Å²) in [5, 5.41) is 35.9. The number of rotatable bonds is 7. The molecule has 0 radical (unpaired) electrons. The number of nitrogens with zero attached hydrogens (tertiary/aromatic N) is 2. The number of fused-ring (bicyclic) bond motifs is 15. The Morgan fingerprint density at radius 3 is 2.38 bits per heavy atom. The number of esters is 1. The highest BCUT2D eigenvalue weighted by Gasteiger charge is 2.51. The first kappa shape index (κ1) is 43.5. The van der Waals surface area contributed by atoms with Crippen LogP contribution in [-0.2, 0) is 28.5 Å². The molecule has 1 aromatic carbocycles. The van der Waals surface area contributed by atoms with E-state index in [-0.39, 0.29) is 37.3 Å². The first-order valence-electron chi connectivity index (χ1n) is 19.5. The van der Waals surface area contributed by atoms with Gasteiger partial charge in [0.05, 0.1) is 49.1 Å². The zero-order chi connectivity index (χ0) is 39.2. The molecule has 0 aromatic heterocycles. The summed E-state index contributed by atoms with van der Waals surface area (Å²) in [5.74, 6) is -2.51. The number of hydrogen-bond donors (Lipinski definition) is 3. The topological polar surface area (TPSA) is 130 Å². The third-order valence-corrected chi connectivity index (χ3v) is 11.8. The monoisotopic (exact) mass is 744 g/mol. The fourth-order valence-electron chi connectivity index (χ4n) is 8.63. The summed E-state index contributed by atoms with van der Waals surface area (Å²) in [6.07, 6.45) is -0.285. The molecule has 3 N–H and O–H groups in total. The summed E-state index contributed by atoms with van der Waals surface area (Å²) in [4.78, 5) is 18.2. The molecule has 0 aliphatic carbocycles. The minimum absolute atomic E-state index is 0.107. The van der Waals surface area contributed by atoms with Gasteiger partial charge in [-0.1, -0.05) is 69.8 Å². The third-order valence-electron chi connectivity index (χ3n) is 11.8. The van der Waals surface area contributed by atoms with Crippen LogP contribution in [0.3, 0.4) is 0 Å². The second kappa shape index (κ2) is 18.6. The normalized spacial score (nSPS) is 41.7. The van der Waals surface area contributed by atoms with E-state index >= 15 is 0 Å². The van der Waals surface area contributed by atoms with Crippen LogP contribution in [0, 0.1) is 17.8 Å². The maximum Gasteiger partial charge on any atom is 0.311 e. The number of carbonyl (C=O) groups excluding carboxylic acids is 1. The first-order chi connectivity index (χ1) is 24.9. The Bertz CT molecular complexity index is 1360. The molecule has 11 heteroatoms. The van der Waals surface area contributed by atoms with Crippen molar-refractivity contribution in [3.05, 3.63) is 54.1 Å². The van der Waals surface area contributed by atoms with Gasteiger partial charge in [0.2, 0.25) is 0 Å². The molecule has 0 spiro atoms. The van der Waals surface area contributed by atoms with Gasteiger partial charge in [0.15, 0.2) is 6.29 Å². The Morgan fingerprint density at radius 1 is 1.06 bits per heavy atom. The maximum absolute atomic E-state index is 13.8. The lowest BCUT2D eigenvalue weighted by molar-refractivity contribution is -0.303. The molecule has 4 aliphatic heterocycles. The molecule has 4 heterocycles. The molecule has 1 aromatic rings. The molecule has 5 rings (SSSR count). The smallest absolute Gasteiger partial charge is 0.311 e. The van der Waals surface area contributed by atoms with Crippen LogP contribution < -0.4 is 0 Å². The molecule has 4 aliphatic rings. The van der Waals surface area contributed by atoms with Crippen LogP contribution in [0.5, 0.6) is 0 Å². The van der Waals surface area contributed by atoms with Crippen molar-refractivity contribution in [2.45, 2.75) is 141 Å². The lowest BCUT2D eigenvalue weighted by Crippen LogP contribution is -2.60. The largest absolute Gasteiger partial charge is 0.459 e. The third kappa shape index (κ3) is 10.6. The van der Waals surface area contributed by atoms with E-state index in [4.69, 9.17) is 23.7 Å². The van der Waals surface area contributed by atoms with E-state index in [2.05, 4.69) is 49.6 Å². The van der Waals surface area contributed by atoms with Crippen LogP contribution in [0.15, 0.2) is 48.6 Å². The highest BCUT2D eigenvalue weighted by atomic mass is 16.7. The molecule has 11 nitrogen and oxygen atoms in total. The predicted molar refractivity (Wildman–Crippen MR) is 206 cm³/mol. The van der Waals surface area contributed by atoms with Gasteiger partial charge in [-0.2, -0.15) is 0 Å². The molecule has 53 heavy (non-hydrogen) atoms. The van der Waals surface area contributed by atoms with Gasteiger partial charge in [0.1, 0.15) is 17.8 Å². The van der Waals surface area contributed by atoms with E-state index in [1.807, 2.05) is 64.9 Å². The highest BCUT2D eigenvalue weighted by Crippen LogP contribution is 2.39. The lowest BCUT2D eigenvalue weighted by atomic mass is 9.78. The average Bonchev–Trinajstić information content (AvgIpc) is 3.11. The Hall–Kier alpha value is -2.19. The second-order valence-electron chi connectivity index (χ2n) is 16.7. The van der Waals surface area contributed by atoms with Crippen LogP contribution in [0.1, 0.15) is 80.2 Å². The van der Waals surface area contributed by atoms with E-state index < -0.39 is 65.8 Å². The number of hydrogen-bond acceptors (Lipinski definition) is 11. The number of carbonyl (C=O) groups is 1. The van der Waals surface area contributed by atoms with Gasteiger partial charge < -0.3 is 43.9 Å². The van der Waals surface area contributed by atoms with Gasteiger partial charge in [-0.05, 0) is 85.0 Å². The number of ether oxygens (including phenoxy) is 5. The minimum Gasteiger partial charge on any atom is -0.459 e. The average molecular weight is 745 g/mol. The first-order valence-corrected chi connectivity index (χ1v) is 19.5. The van der Waals surface area contributed by atoms with Gasteiger partial charge in [-0.15, -0.1) is 0 Å². The molecule has 4 saturated heterocycles. The fraction of sp³-hybridized carbons (Fsp3) is 0.738. The molecule has 4 fully saturated rings. The Balaban J connectivity index is 1.87. The fourth-order valence-corrected chi connectivity index (χ4v) is 8.63. The number of benzene rings is 1. The summed E-state index contributed by atoms with van der Waals surface area (Å²) >= 11 is 0. The zero-order valence-corrected chi connectivity index (χ0v) is 33.8. The number of aliphatic hydroxyl groups excluding tert-OH is 2. The van der Waals surface area contributed by atoms with E-state index in [0.717, 1.165) is 5.56 Å². The van der Waals surface area contributed by atoms with Crippen molar-refractivity contribution in [2.75, 3.05) is 40.4 Å². The molecule has 0 amide bonds. The molecule has 300 valence electrons. The summed E-state index contributed by atoms with van der Waals surface area (Å²) in [6, 6.07) is 9.80. The molecular formula is C42H68N2O9. The van der Waals surface area contributed by atoms with Crippen LogP contribution in [-0.4, -0.2) is 138 Å². The Morgan fingerprint density at radius 2 is 1.74 bits per heavy atom. The standard InChI is InChI=1S/C42H68N2O9/c1-12-34-42(9,48)37-27(3)23-44(20-16-19-32-17-14-13-15-18-32)28(4)22-41(8,50-25-26(2)24-49-37)38(30(6)35(45)31(7)39(47)52-34)53-40-36(46)33(43(10)11)21-29(5)51-40/h13-19,27-31,33-38,40,45-46,48H,2,12,20-25H2,1,3-11H3/b19-16+/t27-,28+,29+,30-,31+,33-,34+,35-,36+,37-,38+,40-,41+,42+/m0/s1. The minimum atomic E-state index is -1.57. The maximum atomic E-state index is 13.8. The van der Waals surface area contributed by atoms with Crippen molar-refractivity contribution in [3.8, 4) is 0 Å². The summed E-state index contributed by atoms with van der Waals surface area (Å²) in [5.41, 5.74) is -0.902. The van der Waals surface area contributed by atoms with E-state index in [1.54, 1.807) is 13.8 Å². The van der Waals surface area contributed by atoms with E-state index in [1.165, 1.54) is 0 Å². The second-order valence-corrected chi connectivity index (χ2v) is 16.7. The van der Waals surface area contributed by atoms with Crippen molar-refractivity contribution < 1.29 is 43.8 Å². The van der Waals surface area contributed by atoms with Gasteiger partial charge in [-0.3, -0.25) is 9.69 Å². The molecule has 0 unspecified atom stereocenters. The van der Waals surface area contributed by atoms with Crippen molar-refractivity contribution in [3.63, 3.8) is 0 Å². The van der Waals surface area contributed by atoms with Gasteiger partial charge in [0, 0.05) is 31.1 Å². The Kier molecular flexibility index (Phi) is 15.3.